The van der Waals surface area contributed by atoms with Gasteiger partial charge in [-0.25, -0.2) is 4.68 Å². The molecule has 0 bridgehead atoms. The molecule has 7 heteroatoms. The molecule has 1 unspecified atom stereocenters. The fourth-order valence-electron chi connectivity index (χ4n) is 1.72. The van der Waals surface area contributed by atoms with Gasteiger partial charge in [0.25, 0.3) is 5.56 Å². The minimum atomic E-state index is -0.307. The van der Waals surface area contributed by atoms with Gasteiger partial charge in [-0.05, 0) is 12.8 Å². The smallest absolute Gasteiger partial charge is 0.269 e. The fourth-order valence-corrected chi connectivity index (χ4v) is 1.72. The van der Waals surface area contributed by atoms with Gasteiger partial charge in [-0.15, -0.1) is 0 Å². The van der Waals surface area contributed by atoms with Crippen LogP contribution in [0.2, 0.25) is 0 Å². The average molecular weight is 296 g/mol. The molecule has 118 valence electrons. The van der Waals surface area contributed by atoms with Crippen LogP contribution in [0.4, 0.5) is 5.69 Å². The maximum Gasteiger partial charge on any atom is 0.269 e. The summed E-state index contributed by atoms with van der Waals surface area (Å²) in [5.74, 6) is 0.206. The van der Waals surface area contributed by atoms with Gasteiger partial charge in [0.15, 0.2) is 0 Å². The zero-order valence-corrected chi connectivity index (χ0v) is 13.0. The molecule has 1 aromatic rings. The molecule has 0 spiro atoms. The Hall–Kier alpha value is -1.89. The van der Waals surface area contributed by atoms with Gasteiger partial charge in [0, 0.05) is 25.8 Å². The van der Waals surface area contributed by atoms with Crippen LogP contribution in [0.15, 0.2) is 17.1 Å². The highest BCUT2D eigenvalue weighted by molar-refractivity contribution is 5.75. The number of carbonyl (C=O) groups is 1. The van der Waals surface area contributed by atoms with Crippen molar-refractivity contribution in [3.8, 4) is 0 Å². The lowest BCUT2D eigenvalue weighted by molar-refractivity contribution is -0.122. The van der Waals surface area contributed by atoms with Gasteiger partial charge in [-0.2, -0.15) is 5.10 Å². The number of carbonyl (C=O) groups excluding carboxylic acids is 1. The summed E-state index contributed by atoms with van der Waals surface area (Å²) in [6.07, 6.45) is 1.55. The molecule has 1 rings (SSSR count). The number of amides is 1. The van der Waals surface area contributed by atoms with Crippen LogP contribution in [0, 0.1) is 5.92 Å². The Bertz CT molecular complexity index is 513. The van der Waals surface area contributed by atoms with Gasteiger partial charge in [0.05, 0.1) is 18.5 Å². The van der Waals surface area contributed by atoms with Gasteiger partial charge in [0.1, 0.15) is 6.54 Å². The van der Waals surface area contributed by atoms with Crippen molar-refractivity contribution < 1.29 is 9.53 Å². The maximum atomic E-state index is 11.9. The maximum absolute atomic E-state index is 11.9. The first-order valence-corrected chi connectivity index (χ1v) is 7.01. The van der Waals surface area contributed by atoms with E-state index in [2.05, 4.69) is 29.6 Å². The van der Waals surface area contributed by atoms with E-state index in [9.17, 15) is 9.59 Å². The normalized spacial score (nSPS) is 12.2. The monoisotopic (exact) mass is 296 g/mol. The van der Waals surface area contributed by atoms with E-state index in [0.29, 0.717) is 18.2 Å². The summed E-state index contributed by atoms with van der Waals surface area (Å²) in [4.78, 5) is 23.7. The van der Waals surface area contributed by atoms with Crippen molar-refractivity contribution >= 4 is 11.6 Å². The number of hydrogen-bond donors (Lipinski definition) is 2. The molecule has 0 saturated carbocycles. The van der Waals surface area contributed by atoms with Crippen LogP contribution in [0.5, 0.6) is 0 Å². The standard InChI is InChI=1S/C14H24N4O3/c1-10(2)6-15-12-5-14(20)18(16-7-12)8-13(19)17-11(3)9-21-4/h5,7,10-11,15H,6,8-9H2,1-4H3,(H,17,19). The molecular formula is C14H24N4O3. The van der Waals surface area contributed by atoms with Crippen molar-refractivity contribution in [1.82, 2.24) is 15.1 Å². The second-order valence-electron chi connectivity index (χ2n) is 5.44. The third-order valence-corrected chi connectivity index (χ3v) is 2.70. The number of hydrogen-bond acceptors (Lipinski definition) is 5. The van der Waals surface area contributed by atoms with Crippen molar-refractivity contribution in [1.29, 1.82) is 0 Å². The van der Waals surface area contributed by atoms with Crippen LogP contribution < -0.4 is 16.2 Å². The first kappa shape index (κ1) is 17.2. The number of anilines is 1. The van der Waals surface area contributed by atoms with Crippen molar-refractivity contribution in [2.45, 2.75) is 33.4 Å². The first-order valence-electron chi connectivity index (χ1n) is 7.01. The number of nitrogens with zero attached hydrogens (tertiary/aromatic N) is 2. The Labute approximate surface area is 124 Å². The summed E-state index contributed by atoms with van der Waals surface area (Å²) in [6.45, 7) is 7.07. The molecule has 1 atom stereocenters. The van der Waals surface area contributed by atoms with E-state index >= 15 is 0 Å². The fraction of sp³-hybridized carbons (Fsp3) is 0.643. The Balaban J connectivity index is 2.60. The Morgan fingerprint density at radius 2 is 2.14 bits per heavy atom. The van der Waals surface area contributed by atoms with Crippen LogP contribution in [0.3, 0.4) is 0 Å². The van der Waals surface area contributed by atoms with E-state index in [1.165, 1.54) is 6.07 Å². The third kappa shape index (κ3) is 6.40. The van der Waals surface area contributed by atoms with Crippen molar-refractivity contribution in [2.24, 2.45) is 5.92 Å². The van der Waals surface area contributed by atoms with Crippen molar-refractivity contribution in [2.75, 3.05) is 25.6 Å². The van der Waals surface area contributed by atoms with Crippen LogP contribution in [0.25, 0.3) is 0 Å². The third-order valence-electron chi connectivity index (χ3n) is 2.70. The van der Waals surface area contributed by atoms with E-state index in [-0.39, 0.29) is 24.1 Å². The topological polar surface area (TPSA) is 85.2 Å². The highest BCUT2D eigenvalue weighted by Gasteiger charge is 2.09. The van der Waals surface area contributed by atoms with E-state index in [4.69, 9.17) is 4.74 Å². The molecule has 1 aromatic heterocycles. The lowest BCUT2D eigenvalue weighted by Crippen LogP contribution is -2.40. The number of ether oxygens (including phenoxy) is 1. The Morgan fingerprint density at radius 1 is 1.43 bits per heavy atom. The predicted molar refractivity (Wildman–Crippen MR) is 81.3 cm³/mol. The molecule has 7 nitrogen and oxygen atoms in total. The zero-order chi connectivity index (χ0) is 15.8. The number of rotatable bonds is 8. The lowest BCUT2D eigenvalue weighted by Gasteiger charge is -2.13. The molecule has 0 aliphatic heterocycles. The zero-order valence-electron chi connectivity index (χ0n) is 13.0. The molecule has 1 amide bonds. The number of aromatic nitrogens is 2. The Morgan fingerprint density at radius 3 is 2.71 bits per heavy atom. The molecule has 2 N–H and O–H groups in total. The quantitative estimate of drug-likeness (QED) is 0.728. The second-order valence-corrected chi connectivity index (χ2v) is 5.44. The highest BCUT2D eigenvalue weighted by atomic mass is 16.5. The van der Waals surface area contributed by atoms with Gasteiger partial charge >= 0.3 is 0 Å². The predicted octanol–water partition coefficient (Wildman–Crippen LogP) is 0.462. The molecule has 0 radical (unpaired) electrons. The summed E-state index contributed by atoms with van der Waals surface area (Å²) in [6, 6.07) is 1.34. The molecule has 0 aliphatic carbocycles. The van der Waals surface area contributed by atoms with Crippen LogP contribution in [0.1, 0.15) is 20.8 Å². The van der Waals surface area contributed by atoms with E-state index < -0.39 is 0 Å². The molecule has 1 heterocycles. The summed E-state index contributed by atoms with van der Waals surface area (Å²) in [5.41, 5.74) is 0.358. The van der Waals surface area contributed by atoms with E-state index in [0.717, 1.165) is 11.2 Å². The van der Waals surface area contributed by atoms with Gasteiger partial charge in [-0.1, -0.05) is 13.8 Å². The molecule has 21 heavy (non-hydrogen) atoms. The molecule has 0 aromatic carbocycles. The van der Waals surface area contributed by atoms with Crippen LogP contribution in [-0.2, 0) is 16.1 Å². The SMILES string of the molecule is COCC(C)NC(=O)Cn1ncc(NCC(C)C)cc1=O. The van der Waals surface area contributed by atoms with Crippen molar-refractivity contribution in [3.05, 3.63) is 22.6 Å². The number of methoxy groups -OCH3 is 1. The minimum Gasteiger partial charge on any atom is -0.383 e. The summed E-state index contributed by atoms with van der Waals surface area (Å²) < 4.78 is 6.07. The Kier molecular flexibility index (Phi) is 6.87. The summed E-state index contributed by atoms with van der Waals surface area (Å²) in [7, 11) is 1.57. The molecule has 0 fully saturated rings. The minimum absolute atomic E-state index is 0.0999. The van der Waals surface area contributed by atoms with Crippen molar-refractivity contribution in [3.63, 3.8) is 0 Å². The largest absolute Gasteiger partial charge is 0.383 e. The second kappa shape index (κ2) is 8.41. The summed E-state index contributed by atoms with van der Waals surface area (Å²) >= 11 is 0. The molecular weight excluding hydrogens is 272 g/mol. The summed E-state index contributed by atoms with van der Waals surface area (Å²) in [5, 5.41) is 9.85. The number of nitrogens with one attached hydrogen (secondary N) is 2. The lowest BCUT2D eigenvalue weighted by atomic mass is 10.2. The van der Waals surface area contributed by atoms with E-state index in [1.54, 1.807) is 13.3 Å². The van der Waals surface area contributed by atoms with Gasteiger partial charge < -0.3 is 15.4 Å². The van der Waals surface area contributed by atoms with Crippen LogP contribution >= 0.6 is 0 Å². The van der Waals surface area contributed by atoms with Gasteiger partial charge in [0.2, 0.25) is 5.91 Å². The average Bonchev–Trinajstić information content (AvgIpc) is 2.39. The molecule has 0 aliphatic rings. The highest BCUT2D eigenvalue weighted by Crippen LogP contribution is 2.01. The van der Waals surface area contributed by atoms with Gasteiger partial charge in [-0.3, -0.25) is 9.59 Å². The van der Waals surface area contributed by atoms with Crippen LogP contribution in [-0.4, -0.2) is 42.0 Å². The first-order chi connectivity index (χ1) is 9.92. The van der Waals surface area contributed by atoms with E-state index in [1.807, 2.05) is 6.92 Å². The molecule has 0 saturated heterocycles.